The Hall–Kier alpha value is -1.26. The van der Waals surface area contributed by atoms with E-state index in [0.717, 1.165) is 32.5 Å². The number of amides is 2. The highest BCUT2D eigenvalue weighted by Gasteiger charge is 2.05. The molecular weight excluding hydrogens is 354 g/mol. The van der Waals surface area contributed by atoms with Crippen molar-refractivity contribution in [1.82, 2.24) is 15.5 Å². The maximum absolute atomic E-state index is 11.6. The molecule has 27 heavy (non-hydrogen) atoms. The second-order valence-corrected chi connectivity index (χ2v) is 5.93. The summed E-state index contributed by atoms with van der Waals surface area (Å²) in [5.74, 6) is -0.214. The van der Waals surface area contributed by atoms with Gasteiger partial charge in [0.05, 0.1) is 26.4 Å². The number of hydrogen-bond donors (Lipinski definition) is 2. The minimum Gasteiger partial charge on any atom is -0.382 e. The van der Waals surface area contributed by atoms with E-state index in [0.29, 0.717) is 39.5 Å². The van der Waals surface area contributed by atoms with Crippen molar-refractivity contribution in [3.63, 3.8) is 0 Å². The van der Waals surface area contributed by atoms with E-state index in [1.807, 2.05) is 0 Å². The third-order valence-corrected chi connectivity index (χ3v) is 3.72. The van der Waals surface area contributed by atoms with Crippen LogP contribution in [-0.2, 0) is 28.5 Å². The minimum absolute atomic E-state index is 0.0652. The van der Waals surface area contributed by atoms with Gasteiger partial charge in [0.1, 0.15) is 13.2 Å². The molecule has 0 aromatic carbocycles. The molecule has 0 aliphatic heterocycles. The predicted octanol–water partition coefficient (Wildman–Crippen LogP) is -0.353. The summed E-state index contributed by atoms with van der Waals surface area (Å²) in [4.78, 5) is 25.4. The largest absolute Gasteiger partial charge is 0.382 e. The van der Waals surface area contributed by atoms with Gasteiger partial charge in [0.2, 0.25) is 11.8 Å². The number of nitrogens with zero attached hydrogens (tertiary/aromatic N) is 1. The average molecular weight is 392 g/mol. The molecule has 0 rings (SSSR count). The number of rotatable bonds is 19. The van der Waals surface area contributed by atoms with E-state index >= 15 is 0 Å². The van der Waals surface area contributed by atoms with E-state index in [1.165, 1.54) is 0 Å². The fourth-order valence-corrected chi connectivity index (χ4v) is 2.21. The van der Waals surface area contributed by atoms with E-state index in [2.05, 4.69) is 22.5 Å². The Morgan fingerprint density at radius 3 is 1.59 bits per heavy atom. The second kappa shape index (κ2) is 19.5. The molecule has 9 nitrogen and oxygen atoms in total. The van der Waals surface area contributed by atoms with Gasteiger partial charge in [-0.3, -0.25) is 9.59 Å². The van der Waals surface area contributed by atoms with Crippen LogP contribution in [0.2, 0.25) is 0 Å². The number of carbonyl (C=O) groups excluding carboxylic acids is 2. The molecule has 0 radical (unpaired) electrons. The van der Waals surface area contributed by atoms with Crippen molar-refractivity contribution in [1.29, 1.82) is 0 Å². The molecule has 0 aromatic rings. The monoisotopic (exact) mass is 391 g/mol. The minimum atomic E-state index is -0.107. The number of ether oxygens (including phenoxy) is 4. The third-order valence-electron chi connectivity index (χ3n) is 3.72. The van der Waals surface area contributed by atoms with Gasteiger partial charge in [-0.1, -0.05) is 6.92 Å². The van der Waals surface area contributed by atoms with Gasteiger partial charge >= 0.3 is 0 Å². The van der Waals surface area contributed by atoms with Gasteiger partial charge in [0.25, 0.3) is 0 Å². The highest BCUT2D eigenvalue weighted by atomic mass is 16.5. The van der Waals surface area contributed by atoms with Gasteiger partial charge in [-0.2, -0.15) is 0 Å². The Labute approximate surface area is 163 Å². The maximum Gasteiger partial charge on any atom is 0.246 e. The zero-order chi connectivity index (χ0) is 20.2. The molecule has 0 spiro atoms. The van der Waals surface area contributed by atoms with Crippen molar-refractivity contribution in [3.8, 4) is 0 Å². The lowest BCUT2D eigenvalue weighted by Gasteiger charge is -2.20. The first-order valence-corrected chi connectivity index (χ1v) is 9.53. The van der Waals surface area contributed by atoms with Crippen LogP contribution in [0, 0.1) is 0 Å². The Morgan fingerprint density at radius 1 is 0.778 bits per heavy atom. The van der Waals surface area contributed by atoms with E-state index < -0.39 is 0 Å². The Kier molecular flexibility index (Phi) is 18.6. The van der Waals surface area contributed by atoms with Crippen LogP contribution in [0.25, 0.3) is 0 Å². The van der Waals surface area contributed by atoms with Crippen LogP contribution in [0.1, 0.15) is 19.8 Å². The lowest BCUT2D eigenvalue weighted by atomic mass is 10.3. The summed E-state index contributed by atoms with van der Waals surface area (Å²) in [5.41, 5.74) is 0. The topological polar surface area (TPSA) is 98.4 Å². The van der Waals surface area contributed by atoms with E-state index in [9.17, 15) is 9.59 Å². The first-order valence-electron chi connectivity index (χ1n) is 9.53. The molecule has 2 amide bonds. The lowest BCUT2D eigenvalue weighted by Crippen LogP contribution is -2.34. The maximum atomic E-state index is 11.6. The summed E-state index contributed by atoms with van der Waals surface area (Å²) in [7, 11) is 3.19. The molecule has 160 valence electrons. The van der Waals surface area contributed by atoms with Gasteiger partial charge in [-0.15, -0.1) is 0 Å². The predicted molar refractivity (Wildman–Crippen MR) is 103 cm³/mol. The number of nitrogens with one attached hydrogen (secondary N) is 2. The summed E-state index contributed by atoms with van der Waals surface area (Å²) < 4.78 is 20.0. The fraction of sp³-hybridized carbons (Fsp3) is 0.889. The van der Waals surface area contributed by atoms with Crippen molar-refractivity contribution in [2.75, 3.05) is 86.6 Å². The van der Waals surface area contributed by atoms with Gasteiger partial charge in [0, 0.05) is 27.3 Å². The summed E-state index contributed by atoms with van der Waals surface area (Å²) in [6, 6.07) is 0. The molecule has 0 aliphatic carbocycles. The average Bonchev–Trinajstić information content (AvgIpc) is 2.67. The molecule has 2 N–H and O–H groups in total. The van der Waals surface area contributed by atoms with E-state index in [1.54, 1.807) is 14.2 Å². The highest BCUT2D eigenvalue weighted by molar-refractivity contribution is 5.77. The number of methoxy groups -OCH3 is 2. The molecule has 0 fully saturated rings. The van der Waals surface area contributed by atoms with E-state index in [-0.39, 0.29) is 25.0 Å². The highest BCUT2D eigenvalue weighted by Crippen LogP contribution is 1.93. The van der Waals surface area contributed by atoms with Gasteiger partial charge in [-0.05, 0) is 32.5 Å². The second-order valence-electron chi connectivity index (χ2n) is 5.93. The Morgan fingerprint density at radius 2 is 1.22 bits per heavy atom. The first kappa shape index (κ1) is 25.7. The smallest absolute Gasteiger partial charge is 0.246 e. The van der Waals surface area contributed by atoms with Crippen LogP contribution < -0.4 is 10.6 Å². The van der Waals surface area contributed by atoms with Crippen LogP contribution in [0.3, 0.4) is 0 Å². The molecule has 0 heterocycles. The molecule has 0 atom stereocenters. The summed E-state index contributed by atoms with van der Waals surface area (Å²) in [6.07, 6.45) is 1.74. The molecule has 0 bridgehead atoms. The molecule has 0 aliphatic rings. The van der Waals surface area contributed by atoms with Gasteiger partial charge in [0.15, 0.2) is 0 Å². The number of carbonyl (C=O) groups is 2. The normalized spacial score (nSPS) is 11.0. The lowest BCUT2D eigenvalue weighted by molar-refractivity contribution is -0.126. The molecule has 0 saturated carbocycles. The van der Waals surface area contributed by atoms with Crippen molar-refractivity contribution in [3.05, 3.63) is 0 Å². The van der Waals surface area contributed by atoms with Crippen LogP contribution in [0.4, 0.5) is 0 Å². The van der Waals surface area contributed by atoms with Gasteiger partial charge < -0.3 is 34.5 Å². The Bertz CT molecular complexity index is 339. The zero-order valence-corrected chi connectivity index (χ0v) is 17.1. The molecule has 0 saturated heterocycles. The number of hydrogen-bond acceptors (Lipinski definition) is 7. The molecular formula is C18H37N3O6. The van der Waals surface area contributed by atoms with Crippen molar-refractivity contribution >= 4 is 11.8 Å². The van der Waals surface area contributed by atoms with Crippen molar-refractivity contribution < 1.29 is 28.5 Å². The summed E-state index contributed by atoms with van der Waals surface area (Å²) in [5, 5.41) is 5.68. The SMILES string of the molecule is CCN(CCCNC(=O)COCCOC)CCCNC(=O)COCCOC. The Balaban J connectivity index is 3.58. The summed E-state index contributed by atoms with van der Waals surface area (Å²) in [6.45, 7) is 8.02. The zero-order valence-electron chi connectivity index (χ0n) is 17.1. The first-order chi connectivity index (χ1) is 13.1. The van der Waals surface area contributed by atoms with Gasteiger partial charge in [-0.25, -0.2) is 0 Å². The quantitative estimate of drug-likeness (QED) is 0.290. The standard InChI is InChI=1S/C18H37N3O6/c1-4-21(9-5-7-19-17(22)15-26-13-11-24-2)10-6-8-20-18(23)16-27-14-12-25-3/h4-16H2,1-3H3,(H,19,22)(H,20,23). The van der Waals surface area contributed by atoms with Crippen LogP contribution in [0.5, 0.6) is 0 Å². The van der Waals surface area contributed by atoms with E-state index in [4.69, 9.17) is 18.9 Å². The molecule has 0 unspecified atom stereocenters. The molecule has 0 aromatic heterocycles. The fourth-order valence-electron chi connectivity index (χ4n) is 2.21. The van der Waals surface area contributed by atoms with Crippen LogP contribution >= 0.6 is 0 Å². The van der Waals surface area contributed by atoms with Crippen molar-refractivity contribution in [2.24, 2.45) is 0 Å². The summed E-state index contributed by atoms with van der Waals surface area (Å²) >= 11 is 0. The molecule has 9 heteroatoms. The van der Waals surface area contributed by atoms with Crippen LogP contribution in [-0.4, -0.2) is 103 Å². The van der Waals surface area contributed by atoms with Crippen LogP contribution in [0.15, 0.2) is 0 Å². The van der Waals surface area contributed by atoms with Crippen molar-refractivity contribution in [2.45, 2.75) is 19.8 Å². The third kappa shape index (κ3) is 17.9.